The molecule has 0 unspecified atom stereocenters. The van der Waals surface area contributed by atoms with Crippen LogP contribution in [0.3, 0.4) is 0 Å². The summed E-state index contributed by atoms with van der Waals surface area (Å²) in [5.74, 6) is 0. The van der Waals surface area contributed by atoms with Crippen LogP contribution in [0, 0.1) is 0 Å². The van der Waals surface area contributed by atoms with Crippen molar-refractivity contribution in [2.24, 2.45) is 0 Å². The van der Waals surface area contributed by atoms with Gasteiger partial charge in [0, 0.05) is 31.4 Å². The fraction of sp³-hybridized carbons (Fsp3) is 0.750. The Morgan fingerprint density at radius 3 is 2.82 bits per heavy atom. The lowest BCUT2D eigenvalue weighted by Gasteiger charge is -2.17. The zero-order chi connectivity index (χ0) is 12.5. The third kappa shape index (κ3) is 5.30. The summed E-state index contributed by atoms with van der Waals surface area (Å²) in [6.45, 7) is 10.2. The van der Waals surface area contributed by atoms with E-state index in [0.29, 0.717) is 6.54 Å². The zero-order valence-corrected chi connectivity index (χ0v) is 10.9. The molecule has 98 valence electrons. The van der Waals surface area contributed by atoms with Crippen molar-refractivity contribution in [1.82, 2.24) is 20.0 Å². The first-order valence-electron chi connectivity index (χ1n) is 6.35. The molecule has 5 nitrogen and oxygen atoms in total. The number of nitrogens with zero attached hydrogens (tertiary/aromatic N) is 3. The summed E-state index contributed by atoms with van der Waals surface area (Å²) in [7, 11) is 0. The molecule has 5 heteroatoms. The van der Waals surface area contributed by atoms with E-state index in [2.05, 4.69) is 29.2 Å². The van der Waals surface area contributed by atoms with E-state index in [-0.39, 0.29) is 6.61 Å². The Balaban J connectivity index is 2.17. The highest BCUT2D eigenvalue weighted by atomic mass is 16.3. The van der Waals surface area contributed by atoms with Gasteiger partial charge in [-0.3, -0.25) is 4.68 Å². The molecular weight excluding hydrogens is 216 g/mol. The summed E-state index contributed by atoms with van der Waals surface area (Å²) in [4.78, 5) is 2.39. The lowest BCUT2D eigenvalue weighted by molar-refractivity contribution is 0.269. The van der Waals surface area contributed by atoms with E-state index in [9.17, 15) is 0 Å². The van der Waals surface area contributed by atoms with Crippen molar-refractivity contribution < 1.29 is 5.11 Å². The predicted octanol–water partition coefficient (Wildman–Crippen LogP) is 0.307. The molecule has 0 saturated carbocycles. The minimum absolute atomic E-state index is 0.135. The Morgan fingerprint density at radius 2 is 2.18 bits per heavy atom. The molecule has 1 heterocycles. The Hall–Kier alpha value is -0.910. The molecule has 0 aliphatic rings. The van der Waals surface area contributed by atoms with Crippen LogP contribution >= 0.6 is 0 Å². The maximum atomic E-state index is 8.78. The van der Waals surface area contributed by atoms with Crippen LogP contribution in [0.25, 0.3) is 0 Å². The van der Waals surface area contributed by atoms with Crippen LogP contribution in [0.5, 0.6) is 0 Å². The summed E-state index contributed by atoms with van der Waals surface area (Å²) < 4.78 is 1.77. The zero-order valence-electron chi connectivity index (χ0n) is 10.9. The third-order valence-corrected chi connectivity index (χ3v) is 2.84. The molecule has 17 heavy (non-hydrogen) atoms. The van der Waals surface area contributed by atoms with Crippen molar-refractivity contribution >= 4 is 0 Å². The normalized spacial score (nSPS) is 11.3. The quantitative estimate of drug-likeness (QED) is 0.610. The van der Waals surface area contributed by atoms with E-state index in [1.165, 1.54) is 0 Å². The average molecular weight is 240 g/mol. The number of hydrogen-bond acceptors (Lipinski definition) is 4. The van der Waals surface area contributed by atoms with Gasteiger partial charge in [0.1, 0.15) is 0 Å². The fourth-order valence-electron chi connectivity index (χ4n) is 1.73. The average Bonchev–Trinajstić information content (AvgIpc) is 2.78. The molecule has 0 spiro atoms. The molecule has 0 bridgehead atoms. The van der Waals surface area contributed by atoms with Gasteiger partial charge < -0.3 is 15.3 Å². The molecule has 0 aromatic carbocycles. The second kappa shape index (κ2) is 8.22. The van der Waals surface area contributed by atoms with Crippen LogP contribution < -0.4 is 5.32 Å². The van der Waals surface area contributed by atoms with Crippen molar-refractivity contribution in [3.05, 3.63) is 18.0 Å². The maximum absolute atomic E-state index is 8.78. The molecule has 1 aromatic heterocycles. The van der Waals surface area contributed by atoms with Gasteiger partial charge in [-0.2, -0.15) is 5.10 Å². The molecule has 0 radical (unpaired) electrons. The predicted molar refractivity (Wildman–Crippen MR) is 68.8 cm³/mol. The molecule has 1 rings (SSSR count). The summed E-state index contributed by atoms with van der Waals surface area (Å²) in [6.07, 6.45) is 3.82. The van der Waals surface area contributed by atoms with E-state index in [0.717, 1.165) is 38.3 Å². The molecule has 0 fully saturated rings. The van der Waals surface area contributed by atoms with Gasteiger partial charge >= 0.3 is 0 Å². The van der Waals surface area contributed by atoms with E-state index >= 15 is 0 Å². The minimum Gasteiger partial charge on any atom is -0.394 e. The molecular formula is C12H24N4O. The van der Waals surface area contributed by atoms with Gasteiger partial charge in [0.15, 0.2) is 0 Å². The molecule has 0 aliphatic carbocycles. The Kier molecular flexibility index (Phi) is 6.84. The minimum atomic E-state index is 0.135. The third-order valence-electron chi connectivity index (χ3n) is 2.84. The van der Waals surface area contributed by atoms with Crippen LogP contribution in [-0.4, -0.2) is 52.6 Å². The molecule has 0 atom stereocenters. The first-order valence-corrected chi connectivity index (χ1v) is 6.35. The molecule has 0 saturated heterocycles. The number of aromatic nitrogens is 2. The van der Waals surface area contributed by atoms with Gasteiger partial charge in [-0.1, -0.05) is 13.8 Å². The van der Waals surface area contributed by atoms with Crippen molar-refractivity contribution in [3.8, 4) is 0 Å². The van der Waals surface area contributed by atoms with Crippen LogP contribution in [0.4, 0.5) is 0 Å². The lowest BCUT2D eigenvalue weighted by Crippen LogP contribution is -2.31. The molecule has 1 aromatic rings. The second-order valence-electron chi connectivity index (χ2n) is 4.04. The Labute approximate surface area is 103 Å². The number of aliphatic hydroxyl groups is 1. The van der Waals surface area contributed by atoms with Gasteiger partial charge in [-0.05, 0) is 13.1 Å². The second-order valence-corrected chi connectivity index (χ2v) is 4.04. The highest BCUT2D eigenvalue weighted by Crippen LogP contribution is 1.96. The summed E-state index contributed by atoms with van der Waals surface area (Å²) in [5, 5.41) is 16.3. The van der Waals surface area contributed by atoms with Gasteiger partial charge in [0.25, 0.3) is 0 Å². The standard InChI is InChI=1S/C12H24N4O/c1-3-15(4-2)6-5-13-9-12-10-14-16(11-12)7-8-17/h10-11,13,17H,3-9H2,1-2H3. The summed E-state index contributed by atoms with van der Waals surface area (Å²) in [6, 6.07) is 0. The fourth-order valence-corrected chi connectivity index (χ4v) is 1.73. The topological polar surface area (TPSA) is 53.3 Å². The number of likely N-dealkylation sites (N-methyl/N-ethyl adjacent to an activating group) is 1. The first kappa shape index (κ1) is 14.2. The first-order chi connectivity index (χ1) is 8.30. The Morgan fingerprint density at radius 1 is 1.41 bits per heavy atom. The molecule has 0 aliphatic heterocycles. The van der Waals surface area contributed by atoms with Crippen molar-refractivity contribution in [2.75, 3.05) is 32.8 Å². The number of nitrogens with one attached hydrogen (secondary N) is 1. The van der Waals surface area contributed by atoms with E-state index < -0.39 is 0 Å². The van der Waals surface area contributed by atoms with E-state index in [1.807, 2.05) is 12.4 Å². The highest BCUT2D eigenvalue weighted by Gasteiger charge is 2.00. The molecule has 2 N–H and O–H groups in total. The van der Waals surface area contributed by atoms with Crippen LogP contribution in [0.1, 0.15) is 19.4 Å². The van der Waals surface area contributed by atoms with Crippen LogP contribution in [0.2, 0.25) is 0 Å². The van der Waals surface area contributed by atoms with Crippen molar-refractivity contribution in [3.63, 3.8) is 0 Å². The maximum Gasteiger partial charge on any atom is 0.0640 e. The number of rotatable bonds is 9. The van der Waals surface area contributed by atoms with Crippen molar-refractivity contribution in [2.45, 2.75) is 26.9 Å². The van der Waals surface area contributed by atoms with Crippen LogP contribution in [-0.2, 0) is 13.1 Å². The summed E-state index contributed by atoms with van der Waals surface area (Å²) >= 11 is 0. The summed E-state index contributed by atoms with van der Waals surface area (Å²) in [5.41, 5.74) is 1.16. The van der Waals surface area contributed by atoms with Crippen molar-refractivity contribution in [1.29, 1.82) is 0 Å². The lowest BCUT2D eigenvalue weighted by atomic mass is 10.3. The van der Waals surface area contributed by atoms with Gasteiger partial charge in [0.2, 0.25) is 0 Å². The van der Waals surface area contributed by atoms with Gasteiger partial charge in [-0.15, -0.1) is 0 Å². The van der Waals surface area contributed by atoms with E-state index in [4.69, 9.17) is 5.11 Å². The van der Waals surface area contributed by atoms with Gasteiger partial charge in [0.05, 0.1) is 19.3 Å². The number of aliphatic hydroxyl groups excluding tert-OH is 1. The monoisotopic (exact) mass is 240 g/mol. The highest BCUT2D eigenvalue weighted by molar-refractivity contribution is 5.03. The van der Waals surface area contributed by atoms with Crippen LogP contribution in [0.15, 0.2) is 12.4 Å². The Bertz CT molecular complexity index is 296. The molecule has 0 amide bonds. The number of hydrogen-bond donors (Lipinski definition) is 2. The van der Waals surface area contributed by atoms with Gasteiger partial charge in [-0.25, -0.2) is 0 Å². The largest absolute Gasteiger partial charge is 0.394 e. The smallest absolute Gasteiger partial charge is 0.0640 e. The SMILES string of the molecule is CCN(CC)CCNCc1cnn(CCO)c1. The van der Waals surface area contributed by atoms with E-state index in [1.54, 1.807) is 4.68 Å².